The second-order valence-corrected chi connectivity index (χ2v) is 4.65. The fourth-order valence-corrected chi connectivity index (χ4v) is 2.09. The van der Waals surface area contributed by atoms with Gasteiger partial charge in [0, 0.05) is 12.8 Å². The second-order valence-electron chi connectivity index (χ2n) is 4.65. The number of carbonyl (C=O) groups excluding carboxylic acids is 1. The van der Waals surface area contributed by atoms with Crippen LogP contribution in [0.3, 0.4) is 0 Å². The van der Waals surface area contributed by atoms with Crippen molar-refractivity contribution < 1.29 is 9.53 Å². The van der Waals surface area contributed by atoms with Crippen molar-refractivity contribution in [2.45, 2.75) is 38.7 Å². The number of fused-ring (bicyclic) bond motifs is 1. The van der Waals surface area contributed by atoms with Crippen LogP contribution in [-0.4, -0.2) is 11.9 Å². The van der Waals surface area contributed by atoms with Crippen LogP contribution in [0, 0.1) is 0 Å². The Kier molecular flexibility index (Phi) is 2.51. The van der Waals surface area contributed by atoms with Crippen molar-refractivity contribution in [1.82, 2.24) is 0 Å². The number of hydrogen-bond donors (Lipinski definition) is 0. The fourth-order valence-electron chi connectivity index (χ4n) is 2.09. The summed E-state index contributed by atoms with van der Waals surface area (Å²) >= 11 is 0. The van der Waals surface area contributed by atoms with E-state index in [-0.39, 0.29) is 5.60 Å². The Morgan fingerprint density at radius 3 is 3.00 bits per heavy atom. The van der Waals surface area contributed by atoms with Gasteiger partial charge in [-0.25, -0.2) is 0 Å². The van der Waals surface area contributed by atoms with E-state index >= 15 is 0 Å². The molecule has 1 aliphatic heterocycles. The lowest BCUT2D eigenvalue weighted by Crippen LogP contribution is -2.24. The zero-order valence-electron chi connectivity index (χ0n) is 9.25. The molecular formula is C13H16O2. The first-order valence-electron chi connectivity index (χ1n) is 5.36. The molecule has 0 spiro atoms. The van der Waals surface area contributed by atoms with Crippen LogP contribution in [-0.2, 0) is 17.6 Å². The highest BCUT2D eigenvalue weighted by molar-refractivity contribution is 5.52. The molecule has 2 heteroatoms. The van der Waals surface area contributed by atoms with Crippen LogP contribution >= 0.6 is 0 Å². The molecule has 80 valence electrons. The Bertz CT molecular complexity index is 380. The largest absolute Gasteiger partial charge is 0.487 e. The summed E-state index contributed by atoms with van der Waals surface area (Å²) in [6, 6.07) is 6.20. The molecular weight excluding hydrogens is 188 g/mol. The van der Waals surface area contributed by atoms with Gasteiger partial charge in [-0.1, -0.05) is 18.2 Å². The first-order chi connectivity index (χ1) is 7.12. The van der Waals surface area contributed by atoms with E-state index in [1.165, 1.54) is 5.56 Å². The number of aryl methyl sites for hydroxylation is 1. The summed E-state index contributed by atoms with van der Waals surface area (Å²) in [5.74, 6) is 1.00. The average Bonchev–Trinajstić information content (AvgIpc) is 2.49. The summed E-state index contributed by atoms with van der Waals surface area (Å²) in [6.07, 6.45) is 3.26. The number of rotatable bonds is 3. The van der Waals surface area contributed by atoms with E-state index in [9.17, 15) is 4.79 Å². The Hall–Kier alpha value is -1.31. The second kappa shape index (κ2) is 3.69. The van der Waals surface area contributed by atoms with Crippen molar-refractivity contribution in [3.63, 3.8) is 0 Å². The number of benzene rings is 1. The van der Waals surface area contributed by atoms with Gasteiger partial charge in [0.2, 0.25) is 0 Å². The van der Waals surface area contributed by atoms with Gasteiger partial charge >= 0.3 is 0 Å². The lowest BCUT2D eigenvalue weighted by atomic mass is 9.99. The van der Waals surface area contributed by atoms with Gasteiger partial charge in [-0.05, 0) is 31.4 Å². The van der Waals surface area contributed by atoms with Crippen molar-refractivity contribution in [2.75, 3.05) is 0 Å². The van der Waals surface area contributed by atoms with Crippen LogP contribution in [0.5, 0.6) is 5.75 Å². The molecule has 0 unspecified atom stereocenters. The quantitative estimate of drug-likeness (QED) is 0.707. The Balaban J connectivity index is 2.29. The van der Waals surface area contributed by atoms with E-state index in [2.05, 4.69) is 19.9 Å². The molecule has 2 rings (SSSR count). The minimum Gasteiger partial charge on any atom is -0.487 e. The average molecular weight is 204 g/mol. The molecule has 0 aromatic heterocycles. The number of hydrogen-bond acceptors (Lipinski definition) is 2. The van der Waals surface area contributed by atoms with Gasteiger partial charge in [0.25, 0.3) is 0 Å². The van der Waals surface area contributed by atoms with Crippen LogP contribution in [0.1, 0.15) is 31.4 Å². The summed E-state index contributed by atoms with van der Waals surface area (Å²) in [6.45, 7) is 4.19. The van der Waals surface area contributed by atoms with Crippen LogP contribution in [0.2, 0.25) is 0 Å². The van der Waals surface area contributed by atoms with Crippen LogP contribution in [0.25, 0.3) is 0 Å². The van der Waals surface area contributed by atoms with Crippen molar-refractivity contribution in [1.29, 1.82) is 0 Å². The maximum Gasteiger partial charge on any atom is 0.126 e. The van der Waals surface area contributed by atoms with Crippen molar-refractivity contribution in [3.05, 3.63) is 29.3 Å². The molecule has 0 radical (unpaired) electrons. The molecule has 0 N–H and O–H groups in total. The van der Waals surface area contributed by atoms with Crippen molar-refractivity contribution in [3.8, 4) is 5.75 Å². The number of ether oxygens (including phenoxy) is 1. The molecule has 0 saturated heterocycles. The van der Waals surface area contributed by atoms with E-state index in [4.69, 9.17) is 4.74 Å². The monoisotopic (exact) mass is 204 g/mol. The smallest absolute Gasteiger partial charge is 0.126 e. The molecule has 0 atom stereocenters. The summed E-state index contributed by atoms with van der Waals surface area (Å²) in [7, 11) is 0. The van der Waals surface area contributed by atoms with Gasteiger partial charge in [-0.15, -0.1) is 0 Å². The maximum absolute atomic E-state index is 10.4. The molecule has 0 saturated carbocycles. The van der Waals surface area contributed by atoms with Crippen molar-refractivity contribution >= 4 is 6.29 Å². The Morgan fingerprint density at radius 1 is 1.47 bits per heavy atom. The molecule has 1 aliphatic rings. The minimum atomic E-state index is -0.0976. The maximum atomic E-state index is 10.4. The summed E-state index contributed by atoms with van der Waals surface area (Å²) in [5.41, 5.74) is 2.33. The fraction of sp³-hybridized carbons (Fsp3) is 0.462. The first kappa shape index (κ1) is 10.2. The summed E-state index contributed by atoms with van der Waals surface area (Å²) in [4.78, 5) is 10.4. The van der Waals surface area contributed by atoms with Gasteiger partial charge in [0.15, 0.2) is 0 Å². The predicted molar refractivity (Wildman–Crippen MR) is 59.2 cm³/mol. The molecule has 0 bridgehead atoms. The molecule has 2 nitrogen and oxygen atoms in total. The molecule has 15 heavy (non-hydrogen) atoms. The van der Waals surface area contributed by atoms with Gasteiger partial charge in [-0.3, -0.25) is 0 Å². The summed E-state index contributed by atoms with van der Waals surface area (Å²) < 4.78 is 5.91. The molecule has 1 heterocycles. The number of carbonyl (C=O) groups is 1. The summed E-state index contributed by atoms with van der Waals surface area (Å²) in [5, 5.41) is 0. The molecule has 0 aliphatic carbocycles. The topological polar surface area (TPSA) is 26.3 Å². The third-order valence-electron chi connectivity index (χ3n) is 2.70. The lowest BCUT2D eigenvalue weighted by molar-refractivity contribution is -0.107. The Labute approximate surface area is 90.3 Å². The highest BCUT2D eigenvalue weighted by atomic mass is 16.5. The van der Waals surface area contributed by atoms with E-state index < -0.39 is 0 Å². The molecule has 1 aromatic carbocycles. The molecule has 0 fully saturated rings. The standard InChI is InChI=1S/C13H16O2/c1-13(2)9-11-6-3-5-10(7-4-8-14)12(11)15-13/h3,5-6,8H,4,7,9H2,1-2H3. The van der Waals surface area contributed by atoms with Crippen LogP contribution in [0.4, 0.5) is 0 Å². The van der Waals surface area contributed by atoms with E-state index in [1.807, 2.05) is 12.1 Å². The van der Waals surface area contributed by atoms with Gasteiger partial charge in [0.1, 0.15) is 17.6 Å². The molecule has 1 aromatic rings. The lowest BCUT2D eigenvalue weighted by Gasteiger charge is -2.18. The highest BCUT2D eigenvalue weighted by Gasteiger charge is 2.31. The van der Waals surface area contributed by atoms with Gasteiger partial charge in [0.05, 0.1) is 0 Å². The number of aldehydes is 1. The van der Waals surface area contributed by atoms with Gasteiger partial charge < -0.3 is 9.53 Å². The van der Waals surface area contributed by atoms with Gasteiger partial charge in [-0.2, -0.15) is 0 Å². The SMILES string of the molecule is CC1(C)Cc2cccc(CCC=O)c2O1. The van der Waals surface area contributed by atoms with E-state index in [0.717, 1.165) is 30.4 Å². The normalized spacial score (nSPS) is 16.9. The van der Waals surface area contributed by atoms with Crippen molar-refractivity contribution in [2.24, 2.45) is 0 Å². The van der Waals surface area contributed by atoms with E-state index in [0.29, 0.717) is 6.42 Å². The zero-order valence-corrected chi connectivity index (χ0v) is 9.25. The third-order valence-corrected chi connectivity index (χ3v) is 2.70. The van der Waals surface area contributed by atoms with Crippen LogP contribution < -0.4 is 4.74 Å². The van der Waals surface area contributed by atoms with Crippen LogP contribution in [0.15, 0.2) is 18.2 Å². The number of para-hydroxylation sites is 1. The first-order valence-corrected chi connectivity index (χ1v) is 5.36. The third kappa shape index (κ3) is 2.04. The minimum absolute atomic E-state index is 0.0976. The Morgan fingerprint density at radius 2 is 2.27 bits per heavy atom. The highest BCUT2D eigenvalue weighted by Crippen LogP contribution is 2.37. The molecule has 0 amide bonds. The zero-order chi connectivity index (χ0) is 10.9. The van der Waals surface area contributed by atoms with E-state index in [1.54, 1.807) is 0 Å². The predicted octanol–water partition coefficient (Wildman–Crippen LogP) is 2.53.